The van der Waals surface area contributed by atoms with Gasteiger partial charge in [-0.3, -0.25) is 18.7 Å². The molecule has 3 heterocycles. The van der Waals surface area contributed by atoms with Crippen LogP contribution in [0.15, 0.2) is 110 Å². The van der Waals surface area contributed by atoms with Gasteiger partial charge in [0.1, 0.15) is 28.2 Å². The SMILES string of the molecule is CCCN1/C(=C/C=C2\CCCC(/C=C/C3=[N+](CCCCCC(=O)ON4C(=O)CCC4=O)c4c(C)cc(S(=O)(=O)O)cc4C3(C)C)=C2Oc2ccc(S(=O)(=O)O)cc2)C(C)(CCOC)c2cc(S(=O)(=O)[O-])cc(C)c21. The molecule has 74 heavy (non-hydrogen) atoms. The number of ether oxygens (including phenoxy) is 2. The van der Waals surface area contributed by atoms with E-state index in [1.807, 2.05) is 52.0 Å². The first-order valence-corrected chi connectivity index (χ1v) is 28.8. The van der Waals surface area contributed by atoms with Gasteiger partial charge in [0, 0.05) is 79.9 Å². The van der Waals surface area contributed by atoms with Crippen LogP contribution in [-0.2, 0) is 65.1 Å². The minimum Gasteiger partial charge on any atom is -0.744 e. The highest BCUT2D eigenvalue weighted by Gasteiger charge is 2.47. The summed E-state index contributed by atoms with van der Waals surface area (Å²) in [5, 5.41) is 0.525. The van der Waals surface area contributed by atoms with Crippen molar-refractivity contribution < 1.29 is 72.2 Å². The zero-order valence-electron chi connectivity index (χ0n) is 42.6. The summed E-state index contributed by atoms with van der Waals surface area (Å²) in [6.07, 6.45) is 12.3. The molecule has 1 aliphatic carbocycles. The number of hydroxylamine groups is 2. The average molecular weight is 1080 g/mol. The number of carbonyl (C=O) groups is 3. The van der Waals surface area contributed by atoms with Crippen LogP contribution in [-0.4, -0.2) is 98.9 Å². The molecule has 1 fully saturated rings. The van der Waals surface area contributed by atoms with Gasteiger partial charge in [0.05, 0.1) is 20.1 Å². The molecule has 0 saturated carbocycles. The Kier molecular flexibility index (Phi) is 16.5. The molecule has 2 N–H and O–H groups in total. The number of hydrogen-bond acceptors (Lipinski definition) is 14. The van der Waals surface area contributed by atoms with E-state index in [0.717, 1.165) is 40.4 Å². The number of anilines is 1. The fraction of sp³-hybridized carbons (Fsp3) is 0.434. The third-order valence-electron chi connectivity index (χ3n) is 14.1. The average Bonchev–Trinajstić information content (AvgIpc) is 3.85. The maximum atomic E-state index is 12.6. The Balaban J connectivity index is 1.32. The number of hydrogen-bond donors (Lipinski definition) is 2. The monoisotopic (exact) mass is 1080 g/mol. The molecule has 0 bridgehead atoms. The van der Waals surface area contributed by atoms with Crippen molar-refractivity contribution in [3.63, 3.8) is 0 Å². The topological polar surface area (TPSA) is 254 Å². The van der Waals surface area contributed by atoms with E-state index < -0.39 is 59.0 Å². The number of nitrogens with zero attached hydrogens (tertiary/aromatic N) is 3. The van der Waals surface area contributed by atoms with E-state index in [1.54, 1.807) is 21.0 Å². The first kappa shape index (κ1) is 55.9. The first-order valence-electron chi connectivity index (χ1n) is 24.5. The van der Waals surface area contributed by atoms with E-state index in [9.17, 15) is 53.3 Å². The highest BCUT2D eigenvalue weighted by Crippen LogP contribution is 2.52. The van der Waals surface area contributed by atoms with Gasteiger partial charge in [-0.25, -0.2) is 13.2 Å². The molecule has 21 heteroatoms. The van der Waals surface area contributed by atoms with E-state index in [1.165, 1.54) is 48.5 Å². The number of methoxy groups -OCH3 is 1. The molecule has 3 aliphatic heterocycles. The fourth-order valence-electron chi connectivity index (χ4n) is 10.4. The van der Waals surface area contributed by atoms with E-state index in [4.69, 9.17) is 14.3 Å². The van der Waals surface area contributed by atoms with Crippen molar-refractivity contribution >= 4 is 65.2 Å². The summed E-state index contributed by atoms with van der Waals surface area (Å²) < 4.78 is 121. The predicted molar refractivity (Wildman–Crippen MR) is 273 cm³/mol. The number of unbranched alkanes of at least 4 members (excludes halogenated alkanes) is 2. The molecule has 2 amide bonds. The lowest BCUT2D eigenvalue weighted by Crippen LogP contribution is -2.31. The Labute approximate surface area is 433 Å². The van der Waals surface area contributed by atoms with Crippen LogP contribution in [0.1, 0.15) is 121 Å². The Bertz CT molecular complexity index is 3260. The van der Waals surface area contributed by atoms with E-state index in [2.05, 4.69) is 9.48 Å². The van der Waals surface area contributed by atoms with Gasteiger partial charge in [-0.05, 0) is 163 Å². The Morgan fingerprint density at radius 1 is 0.811 bits per heavy atom. The molecule has 1 atom stereocenters. The van der Waals surface area contributed by atoms with Crippen LogP contribution in [0.3, 0.4) is 0 Å². The van der Waals surface area contributed by atoms with Crippen LogP contribution in [0.4, 0.5) is 11.4 Å². The number of rotatable bonds is 20. The van der Waals surface area contributed by atoms with Crippen molar-refractivity contribution in [2.75, 3.05) is 31.7 Å². The zero-order valence-corrected chi connectivity index (χ0v) is 45.0. The molecule has 0 aromatic heterocycles. The maximum Gasteiger partial charge on any atom is 0.333 e. The summed E-state index contributed by atoms with van der Waals surface area (Å²) >= 11 is 0. The van der Waals surface area contributed by atoms with Crippen LogP contribution < -0.4 is 9.64 Å². The van der Waals surface area contributed by atoms with E-state index >= 15 is 0 Å². The molecular weight excluding hydrogens is 1010 g/mol. The maximum absolute atomic E-state index is 12.6. The third kappa shape index (κ3) is 11.7. The molecule has 0 radical (unpaired) electrons. The molecule has 18 nitrogen and oxygen atoms in total. The summed E-state index contributed by atoms with van der Waals surface area (Å²) in [5.74, 6) is -1.06. The summed E-state index contributed by atoms with van der Waals surface area (Å²) in [4.78, 5) is 42.9. The van der Waals surface area contributed by atoms with Gasteiger partial charge in [-0.15, -0.1) is 5.06 Å². The molecule has 0 spiro atoms. The molecular formula is C53H63N3O15S3. The van der Waals surface area contributed by atoms with Gasteiger partial charge in [-0.1, -0.05) is 13.0 Å². The third-order valence-corrected chi connectivity index (χ3v) is 16.7. The van der Waals surface area contributed by atoms with Gasteiger partial charge >= 0.3 is 5.97 Å². The fourth-order valence-corrected chi connectivity index (χ4v) is 12.1. The second kappa shape index (κ2) is 21.8. The van der Waals surface area contributed by atoms with E-state index in [0.29, 0.717) is 97.7 Å². The zero-order chi connectivity index (χ0) is 54.1. The normalized spacial score (nSPS) is 20.2. The molecule has 3 aromatic rings. The smallest absolute Gasteiger partial charge is 0.333 e. The number of aryl methyl sites for hydroxylation is 2. The number of carbonyl (C=O) groups excluding carboxylic acids is 3. The van der Waals surface area contributed by atoms with Crippen LogP contribution in [0, 0.1) is 13.8 Å². The quantitative estimate of drug-likeness (QED) is 0.0466. The predicted octanol–water partition coefficient (Wildman–Crippen LogP) is 8.35. The second-order valence-electron chi connectivity index (χ2n) is 19.8. The van der Waals surface area contributed by atoms with E-state index in [-0.39, 0.29) is 39.7 Å². The standard InChI is InChI=1S/C53H63N3O15S3/c1-8-27-54-45(53(6,26-29-69-7)43-33-41(74(66,67)68)31-35(3)50(43)54)23-17-37-14-12-13-36(51(37)70-38-18-20-39(21-19-38)72(60,61)62)16-22-44-52(4,5)42-32-40(73(63,64)65)30-34(2)49(42)55(44)28-11-9-10-15-48(59)71-56-46(57)24-25-47(56)58/h16-23,30-33H,8-15,24-29H2,1-7H3,(H2-,60,61,62,63,64,65,66,67,68). The van der Waals surface area contributed by atoms with Gasteiger partial charge in [0.2, 0.25) is 5.69 Å². The van der Waals surface area contributed by atoms with Gasteiger partial charge in [0.15, 0.2) is 5.71 Å². The minimum absolute atomic E-state index is 0.0130. The van der Waals surface area contributed by atoms with Crippen molar-refractivity contribution in [3.8, 4) is 5.75 Å². The molecule has 4 aliphatic rings. The lowest BCUT2D eigenvalue weighted by molar-refractivity contribution is -0.438. The van der Waals surface area contributed by atoms with Crippen LogP contribution in [0.2, 0.25) is 0 Å². The van der Waals surface area contributed by atoms with Crippen molar-refractivity contribution in [1.82, 2.24) is 5.06 Å². The largest absolute Gasteiger partial charge is 0.744 e. The van der Waals surface area contributed by atoms with Gasteiger partial charge in [0.25, 0.3) is 32.1 Å². The van der Waals surface area contributed by atoms with Crippen LogP contribution >= 0.6 is 0 Å². The molecule has 1 saturated heterocycles. The highest BCUT2D eigenvalue weighted by atomic mass is 32.2. The Morgan fingerprint density at radius 2 is 1.46 bits per heavy atom. The highest BCUT2D eigenvalue weighted by molar-refractivity contribution is 7.86. The lowest BCUT2D eigenvalue weighted by Gasteiger charge is -2.30. The molecule has 398 valence electrons. The first-order chi connectivity index (χ1) is 34.7. The summed E-state index contributed by atoms with van der Waals surface area (Å²) in [6.45, 7) is 12.9. The minimum atomic E-state index is -4.79. The number of benzene rings is 3. The summed E-state index contributed by atoms with van der Waals surface area (Å²) in [7, 11) is -12.3. The molecule has 7 rings (SSSR count). The van der Waals surface area contributed by atoms with Crippen LogP contribution in [0.25, 0.3) is 0 Å². The number of amides is 2. The molecule has 1 unspecified atom stereocenters. The van der Waals surface area contributed by atoms with Gasteiger partial charge < -0.3 is 23.8 Å². The number of fused-ring (bicyclic) bond motifs is 2. The lowest BCUT2D eigenvalue weighted by atomic mass is 9.78. The van der Waals surface area contributed by atoms with Crippen LogP contribution in [0.5, 0.6) is 5.75 Å². The summed E-state index contributed by atoms with van der Waals surface area (Å²) in [5.41, 5.74) is 5.74. The Morgan fingerprint density at radius 3 is 2.08 bits per heavy atom. The van der Waals surface area contributed by atoms with Crippen molar-refractivity contribution in [2.24, 2.45) is 0 Å². The van der Waals surface area contributed by atoms with Crippen molar-refractivity contribution in [2.45, 2.75) is 138 Å². The van der Waals surface area contributed by atoms with Crippen molar-refractivity contribution in [1.29, 1.82) is 0 Å². The second-order valence-corrected chi connectivity index (χ2v) is 24.0. The number of allylic oxidation sites excluding steroid dienone is 7. The van der Waals surface area contributed by atoms with Gasteiger partial charge in [-0.2, -0.15) is 21.4 Å². The van der Waals surface area contributed by atoms with Crippen molar-refractivity contribution in [3.05, 3.63) is 118 Å². The Hall–Kier alpha value is -5.81. The number of imide groups is 1. The summed E-state index contributed by atoms with van der Waals surface area (Å²) in [6, 6.07) is 11.1. The molecule has 3 aromatic carbocycles.